The van der Waals surface area contributed by atoms with Crippen molar-refractivity contribution in [2.24, 2.45) is 0 Å². The molecule has 0 radical (unpaired) electrons. The second-order valence-corrected chi connectivity index (χ2v) is 3.98. The van der Waals surface area contributed by atoms with Crippen LogP contribution in [0, 0.1) is 0 Å². The van der Waals surface area contributed by atoms with Gasteiger partial charge in [0.25, 0.3) is 0 Å². The van der Waals surface area contributed by atoms with Crippen molar-refractivity contribution in [3.8, 4) is 0 Å². The number of rotatable bonds is 1. The van der Waals surface area contributed by atoms with E-state index in [2.05, 4.69) is 29.5 Å². The first-order valence-corrected chi connectivity index (χ1v) is 4.86. The second-order valence-electron chi connectivity index (χ2n) is 3.98. The van der Waals surface area contributed by atoms with Crippen LogP contribution in [-0.4, -0.2) is 22.1 Å². The zero-order valence-corrected chi connectivity index (χ0v) is 8.33. The minimum absolute atomic E-state index is 0.614. The summed E-state index contributed by atoms with van der Waals surface area (Å²) in [6.45, 7) is 7.67. The fourth-order valence-corrected chi connectivity index (χ4v) is 1.86. The predicted molar refractivity (Wildman–Crippen MR) is 54.4 cm³/mol. The van der Waals surface area contributed by atoms with E-state index in [1.165, 1.54) is 5.69 Å². The Morgan fingerprint density at radius 2 is 2.15 bits per heavy atom. The molecule has 0 atom stereocenters. The van der Waals surface area contributed by atoms with Crippen LogP contribution < -0.4 is 5.73 Å². The van der Waals surface area contributed by atoms with Crippen molar-refractivity contribution in [2.45, 2.75) is 33.0 Å². The van der Waals surface area contributed by atoms with E-state index in [9.17, 15) is 0 Å². The van der Waals surface area contributed by atoms with Crippen LogP contribution in [0.5, 0.6) is 0 Å². The van der Waals surface area contributed by atoms with Crippen molar-refractivity contribution < 1.29 is 0 Å². The Hall–Kier alpha value is -0.960. The summed E-state index contributed by atoms with van der Waals surface area (Å²) in [6, 6.07) is 2.61. The van der Waals surface area contributed by atoms with Crippen LogP contribution in [0.4, 0.5) is 5.69 Å². The Bertz CT molecular complexity index is 301. The summed E-state index contributed by atoms with van der Waals surface area (Å²) in [6.07, 6.45) is 2.09. The maximum Gasteiger partial charge on any atom is 0.0550 e. The molecule has 3 heteroatoms. The molecule has 0 unspecified atom stereocenters. The van der Waals surface area contributed by atoms with Crippen LogP contribution in [0.25, 0.3) is 0 Å². The molecule has 0 bridgehead atoms. The van der Waals surface area contributed by atoms with Crippen LogP contribution in [0.15, 0.2) is 12.3 Å². The maximum absolute atomic E-state index is 5.88. The van der Waals surface area contributed by atoms with Crippen LogP contribution in [0.1, 0.15) is 19.5 Å². The number of nitrogens with two attached hydrogens (primary N) is 1. The molecule has 0 spiro atoms. The number of hydrogen-bond donors (Lipinski definition) is 1. The van der Waals surface area contributed by atoms with Crippen LogP contribution >= 0.6 is 0 Å². The summed E-state index contributed by atoms with van der Waals surface area (Å²) < 4.78 is 2.26. The monoisotopic (exact) mass is 179 g/mol. The first-order chi connectivity index (χ1) is 6.18. The van der Waals surface area contributed by atoms with Crippen LogP contribution in [-0.2, 0) is 13.1 Å². The summed E-state index contributed by atoms with van der Waals surface area (Å²) in [5.41, 5.74) is 8.09. The molecule has 1 aromatic rings. The molecule has 1 aliphatic rings. The quantitative estimate of drug-likeness (QED) is 0.705. The SMILES string of the molecule is CC(C)N1CCn2ccc(N)c2C1. The molecule has 0 fully saturated rings. The van der Waals surface area contributed by atoms with E-state index in [-0.39, 0.29) is 0 Å². The third-order valence-electron chi connectivity index (χ3n) is 2.83. The number of fused-ring (bicyclic) bond motifs is 1. The normalized spacial score (nSPS) is 17.8. The van der Waals surface area contributed by atoms with Crippen LogP contribution in [0.3, 0.4) is 0 Å². The molecule has 2 rings (SSSR count). The molecule has 0 aromatic carbocycles. The molecule has 0 saturated carbocycles. The van der Waals surface area contributed by atoms with Gasteiger partial charge in [-0.1, -0.05) is 0 Å². The molecular formula is C10H17N3. The Balaban J connectivity index is 2.22. The summed E-state index contributed by atoms with van der Waals surface area (Å²) in [4.78, 5) is 2.45. The predicted octanol–water partition coefficient (Wildman–Crippen LogP) is 1.29. The molecular weight excluding hydrogens is 162 g/mol. The molecule has 0 saturated heterocycles. The minimum atomic E-state index is 0.614. The van der Waals surface area contributed by atoms with Gasteiger partial charge in [-0.25, -0.2) is 0 Å². The van der Waals surface area contributed by atoms with Gasteiger partial charge in [-0.15, -0.1) is 0 Å². The van der Waals surface area contributed by atoms with Gasteiger partial charge in [0.2, 0.25) is 0 Å². The lowest BCUT2D eigenvalue weighted by Crippen LogP contribution is -2.38. The van der Waals surface area contributed by atoms with Crippen LogP contribution in [0.2, 0.25) is 0 Å². The third-order valence-corrected chi connectivity index (χ3v) is 2.83. The number of nitrogen functional groups attached to an aromatic ring is 1. The highest BCUT2D eigenvalue weighted by molar-refractivity contribution is 5.44. The maximum atomic E-state index is 5.88. The van der Waals surface area contributed by atoms with Crippen molar-refractivity contribution in [3.63, 3.8) is 0 Å². The Labute approximate surface area is 79.1 Å². The van der Waals surface area contributed by atoms with E-state index in [0.29, 0.717) is 6.04 Å². The molecule has 1 aromatic heterocycles. The van der Waals surface area contributed by atoms with Gasteiger partial charge in [0.05, 0.1) is 11.4 Å². The van der Waals surface area contributed by atoms with Crippen molar-refractivity contribution in [1.29, 1.82) is 0 Å². The van der Waals surface area contributed by atoms with Gasteiger partial charge >= 0.3 is 0 Å². The number of aromatic nitrogens is 1. The zero-order valence-electron chi connectivity index (χ0n) is 8.33. The topological polar surface area (TPSA) is 34.2 Å². The van der Waals surface area contributed by atoms with E-state index >= 15 is 0 Å². The Morgan fingerprint density at radius 1 is 1.38 bits per heavy atom. The van der Waals surface area contributed by atoms with E-state index in [4.69, 9.17) is 5.73 Å². The minimum Gasteiger partial charge on any atom is -0.397 e. The molecule has 0 amide bonds. The highest BCUT2D eigenvalue weighted by Gasteiger charge is 2.19. The fraction of sp³-hybridized carbons (Fsp3) is 0.600. The van der Waals surface area contributed by atoms with Gasteiger partial charge in [-0.05, 0) is 19.9 Å². The smallest absolute Gasteiger partial charge is 0.0550 e. The van der Waals surface area contributed by atoms with Gasteiger partial charge in [0, 0.05) is 31.9 Å². The second kappa shape index (κ2) is 3.07. The summed E-state index contributed by atoms with van der Waals surface area (Å²) >= 11 is 0. The third kappa shape index (κ3) is 1.44. The van der Waals surface area contributed by atoms with Crippen molar-refractivity contribution >= 4 is 5.69 Å². The van der Waals surface area contributed by atoms with Crippen molar-refractivity contribution in [1.82, 2.24) is 9.47 Å². The molecule has 13 heavy (non-hydrogen) atoms. The van der Waals surface area contributed by atoms with Crippen molar-refractivity contribution in [3.05, 3.63) is 18.0 Å². The van der Waals surface area contributed by atoms with Gasteiger partial charge in [-0.2, -0.15) is 0 Å². The largest absolute Gasteiger partial charge is 0.397 e. The van der Waals surface area contributed by atoms with Gasteiger partial charge < -0.3 is 10.3 Å². The fourth-order valence-electron chi connectivity index (χ4n) is 1.86. The van der Waals surface area contributed by atoms with Gasteiger partial charge in [-0.3, -0.25) is 4.90 Å². The number of hydrogen-bond acceptors (Lipinski definition) is 2. The zero-order chi connectivity index (χ0) is 9.42. The summed E-state index contributed by atoms with van der Waals surface area (Å²) in [5, 5.41) is 0. The lowest BCUT2D eigenvalue weighted by molar-refractivity contribution is 0.177. The summed E-state index contributed by atoms with van der Waals surface area (Å²) in [5.74, 6) is 0. The average molecular weight is 179 g/mol. The molecule has 72 valence electrons. The highest BCUT2D eigenvalue weighted by atomic mass is 15.2. The molecule has 2 N–H and O–H groups in total. The standard InChI is InChI=1S/C10H17N3/c1-8(2)13-6-5-12-4-3-9(11)10(12)7-13/h3-4,8H,5-7,11H2,1-2H3. The van der Waals surface area contributed by atoms with E-state index in [0.717, 1.165) is 25.3 Å². The number of anilines is 1. The van der Waals surface area contributed by atoms with Crippen molar-refractivity contribution in [2.75, 3.05) is 12.3 Å². The molecule has 3 nitrogen and oxygen atoms in total. The van der Waals surface area contributed by atoms with Gasteiger partial charge in [0.15, 0.2) is 0 Å². The molecule has 0 aliphatic carbocycles. The first-order valence-electron chi connectivity index (χ1n) is 4.86. The van der Waals surface area contributed by atoms with E-state index < -0.39 is 0 Å². The first kappa shape index (κ1) is 8.63. The van der Waals surface area contributed by atoms with E-state index in [1.807, 2.05) is 6.07 Å². The molecule has 2 heterocycles. The Morgan fingerprint density at radius 3 is 2.85 bits per heavy atom. The van der Waals surface area contributed by atoms with E-state index in [1.54, 1.807) is 0 Å². The Kier molecular flexibility index (Phi) is 2.04. The molecule has 1 aliphatic heterocycles. The lowest BCUT2D eigenvalue weighted by atomic mass is 10.2. The van der Waals surface area contributed by atoms with Gasteiger partial charge in [0.1, 0.15) is 0 Å². The highest BCUT2D eigenvalue weighted by Crippen LogP contribution is 2.21. The summed E-state index contributed by atoms with van der Waals surface area (Å²) in [7, 11) is 0. The number of nitrogens with zero attached hydrogens (tertiary/aromatic N) is 2. The lowest BCUT2D eigenvalue weighted by Gasteiger charge is -2.31. The average Bonchev–Trinajstić information content (AvgIpc) is 2.47.